The van der Waals surface area contributed by atoms with Crippen LogP contribution in [0.15, 0.2) is 55.0 Å². The van der Waals surface area contributed by atoms with Gasteiger partial charge in [-0.05, 0) is 36.4 Å². The normalized spacial score (nSPS) is 13.9. The standard InChI is InChI=1S/C24H24ClN11/c1-26-24-29-13-20-22(16-2-7-21(28-12-16)34-10-8-27-9-11-34)32-36(23(20)30-24)15-18-14-35(33-31-18)19-5-3-17(25)4-6-19/h2-7,12-14,27H,8-11,15H2,1H3,(H,26,29,30). The van der Waals surface area contributed by atoms with Crippen LogP contribution in [0.1, 0.15) is 5.69 Å². The molecule has 1 fully saturated rings. The summed E-state index contributed by atoms with van der Waals surface area (Å²) in [5.41, 5.74) is 4.01. The molecule has 0 amide bonds. The van der Waals surface area contributed by atoms with Crippen LogP contribution in [0.5, 0.6) is 0 Å². The number of rotatable bonds is 6. The van der Waals surface area contributed by atoms with E-state index < -0.39 is 0 Å². The van der Waals surface area contributed by atoms with Crippen molar-refractivity contribution in [2.45, 2.75) is 6.54 Å². The van der Waals surface area contributed by atoms with Crippen LogP contribution in [-0.2, 0) is 6.54 Å². The zero-order chi connectivity index (χ0) is 24.5. The van der Waals surface area contributed by atoms with Crippen molar-refractivity contribution < 1.29 is 0 Å². The van der Waals surface area contributed by atoms with Crippen LogP contribution < -0.4 is 15.5 Å². The van der Waals surface area contributed by atoms with Crippen molar-refractivity contribution in [3.63, 3.8) is 0 Å². The van der Waals surface area contributed by atoms with E-state index in [1.54, 1.807) is 17.9 Å². The van der Waals surface area contributed by atoms with Gasteiger partial charge >= 0.3 is 0 Å². The number of halogens is 1. The molecule has 0 atom stereocenters. The van der Waals surface area contributed by atoms with E-state index in [1.165, 1.54) is 0 Å². The molecule has 0 saturated carbocycles. The van der Waals surface area contributed by atoms with Gasteiger partial charge in [-0.3, -0.25) is 0 Å². The van der Waals surface area contributed by atoms with Crippen molar-refractivity contribution >= 4 is 34.4 Å². The largest absolute Gasteiger partial charge is 0.357 e. The van der Waals surface area contributed by atoms with Gasteiger partial charge in [0.2, 0.25) is 5.95 Å². The molecule has 1 saturated heterocycles. The maximum absolute atomic E-state index is 6.01. The molecule has 2 N–H and O–H groups in total. The summed E-state index contributed by atoms with van der Waals surface area (Å²) >= 11 is 6.01. The molecule has 0 aliphatic carbocycles. The van der Waals surface area contributed by atoms with Gasteiger partial charge in [-0.1, -0.05) is 16.8 Å². The molecule has 1 aromatic carbocycles. The Hall–Kier alpha value is -4.09. The predicted octanol–water partition coefficient (Wildman–Crippen LogP) is 2.62. The molecule has 0 radical (unpaired) electrons. The second kappa shape index (κ2) is 9.51. The number of pyridine rings is 1. The average molecular weight is 502 g/mol. The van der Waals surface area contributed by atoms with E-state index in [-0.39, 0.29) is 0 Å². The Balaban J connectivity index is 1.33. The molecular weight excluding hydrogens is 478 g/mol. The Bertz CT molecular complexity index is 1490. The molecule has 1 aliphatic rings. The molecule has 1 aliphatic heterocycles. The van der Waals surface area contributed by atoms with E-state index >= 15 is 0 Å². The fourth-order valence-electron chi connectivity index (χ4n) is 4.25. The quantitative estimate of drug-likeness (QED) is 0.362. The Morgan fingerprint density at radius 1 is 1.03 bits per heavy atom. The molecule has 36 heavy (non-hydrogen) atoms. The fourth-order valence-corrected chi connectivity index (χ4v) is 4.38. The minimum atomic E-state index is 0.399. The molecular formula is C24H24ClN11. The second-order valence-corrected chi connectivity index (χ2v) is 8.90. The molecule has 182 valence electrons. The van der Waals surface area contributed by atoms with E-state index in [4.69, 9.17) is 21.7 Å². The minimum Gasteiger partial charge on any atom is -0.357 e. The Morgan fingerprint density at radius 3 is 2.61 bits per heavy atom. The lowest BCUT2D eigenvalue weighted by atomic mass is 10.1. The Morgan fingerprint density at radius 2 is 1.86 bits per heavy atom. The van der Waals surface area contributed by atoms with Crippen molar-refractivity contribution in [1.82, 2.24) is 45.0 Å². The highest BCUT2D eigenvalue weighted by Crippen LogP contribution is 2.28. The van der Waals surface area contributed by atoms with Crippen LogP contribution in [-0.4, -0.2) is 73.0 Å². The van der Waals surface area contributed by atoms with Gasteiger partial charge in [0.25, 0.3) is 0 Å². The van der Waals surface area contributed by atoms with Crippen molar-refractivity contribution in [2.24, 2.45) is 0 Å². The monoisotopic (exact) mass is 501 g/mol. The van der Waals surface area contributed by atoms with E-state index in [0.717, 1.165) is 60.0 Å². The topological polar surface area (TPSA) is 115 Å². The van der Waals surface area contributed by atoms with Crippen molar-refractivity contribution in [1.29, 1.82) is 0 Å². The van der Waals surface area contributed by atoms with Gasteiger partial charge < -0.3 is 15.5 Å². The van der Waals surface area contributed by atoms with Crippen molar-refractivity contribution in [3.8, 4) is 16.9 Å². The van der Waals surface area contributed by atoms with Crippen molar-refractivity contribution in [2.75, 3.05) is 43.4 Å². The molecule has 6 rings (SSSR count). The number of nitrogens with one attached hydrogen (secondary N) is 2. The highest BCUT2D eigenvalue weighted by atomic mass is 35.5. The third kappa shape index (κ3) is 4.34. The number of aromatic nitrogens is 8. The van der Waals surface area contributed by atoms with Gasteiger partial charge in [0.1, 0.15) is 17.2 Å². The molecule has 12 heteroatoms. The van der Waals surface area contributed by atoms with Gasteiger partial charge in [0, 0.05) is 56.2 Å². The predicted molar refractivity (Wildman–Crippen MR) is 139 cm³/mol. The first-order chi connectivity index (χ1) is 17.7. The van der Waals surface area contributed by atoms with Crippen LogP contribution in [0.4, 0.5) is 11.8 Å². The molecule has 0 spiro atoms. The highest BCUT2D eigenvalue weighted by Gasteiger charge is 2.18. The SMILES string of the molecule is CNc1ncc2c(-c3ccc(N4CCNCC4)nc3)nn(Cc3cn(-c4ccc(Cl)cc4)nn3)c2n1. The fraction of sp³-hybridized carbons (Fsp3) is 0.250. The zero-order valence-corrected chi connectivity index (χ0v) is 20.4. The third-order valence-corrected chi connectivity index (χ3v) is 6.37. The second-order valence-electron chi connectivity index (χ2n) is 8.46. The molecule has 0 bridgehead atoms. The minimum absolute atomic E-state index is 0.399. The third-order valence-electron chi connectivity index (χ3n) is 6.12. The number of fused-ring (bicyclic) bond motifs is 1. The molecule has 5 heterocycles. The first kappa shape index (κ1) is 22.4. The van der Waals surface area contributed by atoms with Gasteiger partial charge in [-0.2, -0.15) is 10.1 Å². The van der Waals surface area contributed by atoms with Crippen LogP contribution in [0.2, 0.25) is 5.02 Å². The van der Waals surface area contributed by atoms with E-state index in [1.807, 2.05) is 47.4 Å². The van der Waals surface area contributed by atoms with Crippen LogP contribution in [0, 0.1) is 0 Å². The van der Waals surface area contributed by atoms with Crippen molar-refractivity contribution in [3.05, 3.63) is 65.7 Å². The van der Waals surface area contributed by atoms with Crippen LogP contribution in [0.25, 0.3) is 28.0 Å². The lowest BCUT2D eigenvalue weighted by Crippen LogP contribution is -2.43. The Labute approximate surface area is 212 Å². The summed E-state index contributed by atoms with van der Waals surface area (Å²) in [6, 6.07) is 11.5. The lowest BCUT2D eigenvalue weighted by molar-refractivity contribution is 0.585. The number of nitrogens with zero attached hydrogens (tertiary/aromatic N) is 9. The van der Waals surface area contributed by atoms with E-state index in [0.29, 0.717) is 23.2 Å². The zero-order valence-electron chi connectivity index (χ0n) is 19.6. The highest BCUT2D eigenvalue weighted by molar-refractivity contribution is 6.30. The first-order valence-corrected chi connectivity index (χ1v) is 12.1. The molecule has 4 aromatic heterocycles. The smallest absolute Gasteiger partial charge is 0.224 e. The van der Waals surface area contributed by atoms with Gasteiger partial charge in [-0.25, -0.2) is 19.3 Å². The summed E-state index contributed by atoms with van der Waals surface area (Å²) in [7, 11) is 1.79. The molecule has 5 aromatic rings. The lowest BCUT2D eigenvalue weighted by Gasteiger charge is -2.28. The van der Waals surface area contributed by atoms with Gasteiger partial charge in [0.15, 0.2) is 5.65 Å². The summed E-state index contributed by atoms with van der Waals surface area (Å²) in [6.07, 6.45) is 5.54. The first-order valence-electron chi connectivity index (χ1n) is 11.7. The molecule has 0 unspecified atom stereocenters. The Kier molecular flexibility index (Phi) is 5.91. The molecule has 11 nitrogen and oxygen atoms in total. The summed E-state index contributed by atoms with van der Waals surface area (Å²) in [4.78, 5) is 16.1. The van der Waals surface area contributed by atoms with Crippen LogP contribution >= 0.6 is 11.6 Å². The van der Waals surface area contributed by atoms with E-state index in [9.17, 15) is 0 Å². The number of benzene rings is 1. The number of anilines is 2. The maximum Gasteiger partial charge on any atom is 0.224 e. The number of piperazine rings is 1. The van der Waals surface area contributed by atoms with E-state index in [2.05, 4.69) is 41.9 Å². The van der Waals surface area contributed by atoms with Gasteiger partial charge in [-0.15, -0.1) is 5.10 Å². The summed E-state index contributed by atoms with van der Waals surface area (Å²) in [5, 5.41) is 21.4. The average Bonchev–Trinajstić information content (AvgIpc) is 3.54. The van der Waals surface area contributed by atoms with Gasteiger partial charge in [0.05, 0.1) is 23.8 Å². The number of hydrogen-bond donors (Lipinski definition) is 2. The number of hydrogen-bond acceptors (Lipinski definition) is 9. The summed E-state index contributed by atoms with van der Waals surface area (Å²) in [5.74, 6) is 1.49. The maximum atomic E-state index is 6.01. The summed E-state index contributed by atoms with van der Waals surface area (Å²) < 4.78 is 3.54. The summed E-state index contributed by atoms with van der Waals surface area (Å²) in [6.45, 7) is 4.22. The van der Waals surface area contributed by atoms with Crippen LogP contribution in [0.3, 0.4) is 0 Å².